The third-order valence-corrected chi connectivity index (χ3v) is 4.82. The summed E-state index contributed by atoms with van der Waals surface area (Å²) in [5.74, 6) is -0.295. The summed E-state index contributed by atoms with van der Waals surface area (Å²) in [6.45, 7) is 1.73. The molecule has 0 bridgehead atoms. The van der Waals surface area contributed by atoms with Crippen LogP contribution in [0.2, 0.25) is 0 Å². The van der Waals surface area contributed by atoms with E-state index in [1.54, 1.807) is 24.3 Å². The highest BCUT2D eigenvalue weighted by Gasteiger charge is 2.13. The van der Waals surface area contributed by atoms with Gasteiger partial charge in [-0.3, -0.25) is 9.59 Å². The Morgan fingerprint density at radius 3 is 2.34 bits per heavy atom. The molecule has 6 nitrogen and oxygen atoms in total. The standard InChI is InChI=1S/C23H20N4O2/c1-16(17-11-13-19(14-12-17)18-7-3-2-4-8-18)24-22(28)15-27-23(29)20-9-5-6-10-21(20)25-26-27/h2-14,16H,15H2,1H3,(H,24,28)/t16-/m0/s1. The fourth-order valence-electron chi connectivity index (χ4n) is 3.23. The highest BCUT2D eigenvalue weighted by Crippen LogP contribution is 2.21. The summed E-state index contributed by atoms with van der Waals surface area (Å²) in [5.41, 5.74) is 3.43. The maximum atomic E-state index is 12.5. The van der Waals surface area contributed by atoms with E-state index in [4.69, 9.17) is 0 Å². The lowest BCUT2D eigenvalue weighted by Gasteiger charge is -2.15. The Morgan fingerprint density at radius 2 is 1.59 bits per heavy atom. The Kier molecular flexibility index (Phi) is 5.16. The predicted octanol–water partition coefficient (Wildman–Crippen LogP) is 3.34. The molecule has 1 heterocycles. The molecule has 4 aromatic rings. The van der Waals surface area contributed by atoms with Crippen molar-refractivity contribution in [2.75, 3.05) is 0 Å². The molecule has 3 aromatic carbocycles. The van der Waals surface area contributed by atoms with Crippen LogP contribution in [0.15, 0.2) is 83.7 Å². The van der Waals surface area contributed by atoms with Crippen molar-refractivity contribution in [2.24, 2.45) is 0 Å². The van der Waals surface area contributed by atoms with Gasteiger partial charge < -0.3 is 5.32 Å². The van der Waals surface area contributed by atoms with E-state index in [1.807, 2.05) is 49.4 Å². The summed E-state index contributed by atoms with van der Waals surface area (Å²) in [4.78, 5) is 24.9. The van der Waals surface area contributed by atoms with Gasteiger partial charge in [0.15, 0.2) is 0 Å². The van der Waals surface area contributed by atoms with Crippen LogP contribution in [0.1, 0.15) is 18.5 Å². The number of benzene rings is 3. The summed E-state index contributed by atoms with van der Waals surface area (Å²) in [6, 6.07) is 24.9. The van der Waals surface area contributed by atoms with Gasteiger partial charge in [-0.05, 0) is 35.7 Å². The first kappa shape index (κ1) is 18.6. The average molecular weight is 384 g/mol. The number of aromatic nitrogens is 3. The van der Waals surface area contributed by atoms with Gasteiger partial charge >= 0.3 is 0 Å². The second kappa shape index (κ2) is 8.06. The molecule has 29 heavy (non-hydrogen) atoms. The topological polar surface area (TPSA) is 76.9 Å². The van der Waals surface area contributed by atoms with E-state index in [2.05, 4.69) is 27.8 Å². The van der Waals surface area contributed by atoms with Crippen LogP contribution >= 0.6 is 0 Å². The fourth-order valence-corrected chi connectivity index (χ4v) is 3.23. The summed E-state index contributed by atoms with van der Waals surface area (Å²) in [6.07, 6.45) is 0. The molecule has 0 aliphatic carbocycles. The molecule has 1 N–H and O–H groups in total. The van der Waals surface area contributed by atoms with E-state index >= 15 is 0 Å². The zero-order chi connectivity index (χ0) is 20.2. The molecule has 4 rings (SSSR count). The number of amides is 1. The van der Waals surface area contributed by atoms with Gasteiger partial charge in [0.2, 0.25) is 5.91 Å². The lowest BCUT2D eigenvalue weighted by molar-refractivity contribution is -0.122. The monoisotopic (exact) mass is 384 g/mol. The molecule has 0 aliphatic heterocycles. The number of carbonyl (C=O) groups excluding carboxylic acids is 1. The van der Waals surface area contributed by atoms with Gasteiger partial charge in [0.25, 0.3) is 5.56 Å². The minimum Gasteiger partial charge on any atom is -0.348 e. The number of nitrogens with zero attached hydrogens (tertiary/aromatic N) is 3. The lowest BCUT2D eigenvalue weighted by atomic mass is 10.0. The zero-order valence-corrected chi connectivity index (χ0v) is 15.9. The van der Waals surface area contributed by atoms with Crippen LogP contribution in [0.25, 0.3) is 22.0 Å². The highest BCUT2D eigenvalue weighted by atomic mass is 16.2. The molecule has 144 valence electrons. The van der Waals surface area contributed by atoms with Crippen molar-refractivity contribution in [1.29, 1.82) is 0 Å². The van der Waals surface area contributed by atoms with Crippen molar-refractivity contribution in [3.63, 3.8) is 0 Å². The molecule has 6 heteroatoms. The van der Waals surface area contributed by atoms with Crippen molar-refractivity contribution < 1.29 is 4.79 Å². The molecule has 0 spiro atoms. The first-order valence-corrected chi connectivity index (χ1v) is 9.39. The highest BCUT2D eigenvalue weighted by molar-refractivity contribution is 5.78. The van der Waals surface area contributed by atoms with Gasteiger partial charge in [0.05, 0.1) is 11.4 Å². The van der Waals surface area contributed by atoms with Gasteiger partial charge in [-0.1, -0.05) is 71.9 Å². The minimum absolute atomic E-state index is 0.177. The van der Waals surface area contributed by atoms with E-state index in [9.17, 15) is 9.59 Å². The second-order valence-corrected chi connectivity index (χ2v) is 6.85. The molecule has 1 amide bonds. The maximum absolute atomic E-state index is 12.5. The van der Waals surface area contributed by atoms with E-state index < -0.39 is 0 Å². The maximum Gasteiger partial charge on any atom is 0.278 e. The third-order valence-electron chi connectivity index (χ3n) is 4.82. The lowest BCUT2D eigenvalue weighted by Crippen LogP contribution is -2.35. The predicted molar refractivity (Wildman–Crippen MR) is 112 cm³/mol. The summed E-state index contributed by atoms with van der Waals surface area (Å²) >= 11 is 0. The van der Waals surface area contributed by atoms with Gasteiger partial charge in [0, 0.05) is 0 Å². The number of fused-ring (bicyclic) bond motifs is 1. The molecule has 0 saturated heterocycles. The summed E-state index contributed by atoms with van der Waals surface area (Å²) in [5, 5.41) is 11.2. The molecule has 0 radical (unpaired) electrons. The van der Waals surface area contributed by atoms with Crippen LogP contribution < -0.4 is 10.9 Å². The van der Waals surface area contributed by atoms with Crippen molar-refractivity contribution in [2.45, 2.75) is 19.5 Å². The molecular weight excluding hydrogens is 364 g/mol. The molecular formula is C23H20N4O2. The number of carbonyl (C=O) groups is 1. The van der Waals surface area contributed by atoms with Crippen molar-refractivity contribution in [1.82, 2.24) is 20.3 Å². The van der Waals surface area contributed by atoms with E-state index in [0.29, 0.717) is 10.9 Å². The van der Waals surface area contributed by atoms with Crippen LogP contribution in [-0.2, 0) is 11.3 Å². The Morgan fingerprint density at radius 1 is 0.931 bits per heavy atom. The van der Waals surface area contributed by atoms with Crippen LogP contribution in [-0.4, -0.2) is 20.9 Å². The molecule has 0 aliphatic rings. The summed E-state index contributed by atoms with van der Waals surface area (Å²) in [7, 11) is 0. The number of nitrogens with one attached hydrogen (secondary N) is 1. The van der Waals surface area contributed by atoms with E-state index in [-0.39, 0.29) is 24.1 Å². The van der Waals surface area contributed by atoms with Gasteiger partial charge in [-0.2, -0.15) is 0 Å². The Hall–Kier alpha value is -3.80. The van der Waals surface area contributed by atoms with Gasteiger partial charge in [-0.25, -0.2) is 4.68 Å². The normalized spacial score (nSPS) is 11.9. The van der Waals surface area contributed by atoms with Gasteiger partial charge in [0.1, 0.15) is 12.1 Å². The van der Waals surface area contributed by atoms with E-state index in [1.165, 1.54) is 0 Å². The molecule has 0 fully saturated rings. The minimum atomic E-state index is -0.328. The van der Waals surface area contributed by atoms with Crippen LogP contribution in [0.4, 0.5) is 0 Å². The van der Waals surface area contributed by atoms with Crippen molar-refractivity contribution in [3.05, 3.63) is 94.8 Å². The molecule has 1 atom stereocenters. The number of hydrogen-bond donors (Lipinski definition) is 1. The first-order valence-electron chi connectivity index (χ1n) is 9.39. The number of rotatable bonds is 5. The quantitative estimate of drug-likeness (QED) is 0.573. The fraction of sp³-hybridized carbons (Fsp3) is 0.130. The average Bonchev–Trinajstić information content (AvgIpc) is 2.76. The zero-order valence-electron chi connectivity index (χ0n) is 15.9. The molecule has 0 saturated carbocycles. The SMILES string of the molecule is C[C@H](NC(=O)Cn1nnc2ccccc2c1=O)c1ccc(-c2ccccc2)cc1. The molecule has 1 aromatic heterocycles. The van der Waals surface area contributed by atoms with Crippen molar-refractivity contribution >= 4 is 16.8 Å². The summed E-state index contributed by atoms with van der Waals surface area (Å²) < 4.78 is 1.09. The molecule has 0 unspecified atom stereocenters. The van der Waals surface area contributed by atoms with Crippen LogP contribution in [0.3, 0.4) is 0 Å². The van der Waals surface area contributed by atoms with Crippen LogP contribution in [0.5, 0.6) is 0 Å². The Bertz CT molecular complexity index is 1200. The first-order chi connectivity index (χ1) is 14.1. The Labute approximate surface area is 167 Å². The second-order valence-electron chi connectivity index (χ2n) is 6.85. The van der Waals surface area contributed by atoms with Gasteiger partial charge in [-0.15, -0.1) is 5.10 Å². The van der Waals surface area contributed by atoms with Crippen LogP contribution in [0, 0.1) is 0 Å². The largest absolute Gasteiger partial charge is 0.348 e. The number of hydrogen-bond acceptors (Lipinski definition) is 4. The Balaban J connectivity index is 1.45. The smallest absolute Gasteiger partial charge is 0.278 e. The van der Waals surface area contributed by atoms with Crippen molar-refractivity contribution in [3.8, 4) is 11.1 Å². The third kappa shape index (κ3) is 4.06. The van der Waals surface area contributed by atoms with E-state index in [0.717, 1.165) is 21.4 Å².